The lowest BCUT2D eigenvalue weighted by Gasteiger charge is -2.58. The number of carbonyl (C=O) groups excluding carboxylic acids is 1. The Morgan fingerprint density at radius 1 is 0.978 bits per heavy atom. The summed E-state index contributed by atoms with van der Waals surface area (Å²) in [5.41, 5.74) is 2.44. The van der Waals surface area contributed by atoms with Gasteiger partial charge in [0.15, 0.2) is 0 Å². The van der Waals surface area contributed by atoms with E-state index < -0.39 is 8.07 Å². The molecule has 0 aromatic rings. The van der Waals surface area contributed by atoms with Gasteiger partial charge in [0.25, 0.3) is 0 Å². The SMILES string of the molecule is CC1CCCC(OC(=O)[C@@H](CC(C)[C@H]2CC[C@H]3[C@@H]4CC=C5C[C@@H](OCOCC[Si](C)(C)C)CC[C@]5(C)[C@H]4CC[C@]23C)C(C)C)C1. The Balaban J connectivity index is 1.18. The van der Waals surface area contributed by atoms with Crippen molar-refractivity contribution >= 4 is 14.0 Å². The highest BCUT2D eigenvalue weighted by Gasteiger charge is 2.59. The predicted octanol–water partition coefficient (Wildman–Crippen LogP) is 10.7. The van der Waals surface area contributed by atoms with Crippen molar-refractivity contribution in [2.45, 2.75) is 163 Å². The molecule has 0 radical (unpaired) electrons. The van der Waals surface area contributed by atoms with Gasteiger partial charge < -0.3 is 14.2 Å². The molecule has 45 heavy (non-hydrogen) atoms. The molecule has 0 N–H and O–H groups in total. The second kappa shape index (κ2) is 14.4. The third kappa shape index (κ3) is 7.98. The van der Waals surface area contributed by atoms with E-state index in [2.05, 4.69) is 67.3 Å². The summed E-state index contributed by atoms with van der Waals surface area (Å²) in [5.74, 6) is 4.86. The van der Waals surface area contributed by atoms with E-state index in [1.807, 2.05) is 0 Å². The number of fused-ring (bicyclic) bond motifs is 5. The lowest BCUT2D eigenvalue weighted by Crippen LogP contribution is -2.51. The topological polar surface area (TPSA) is 44.8 Å². The molecule has 0 aromatic carbocycles. The molecule has 11 atom stereocenters. The third-order valence-corrected chi connectivity index (χ3v) is 15.8. The Hall–Kier alpha value is -0.653. The molecule has 0 aromatic heterocycles. The van der Waals surface area contributed by atoms with Crippen LogP contribution in [0, 0.1) is 58.2 Å². The molecule has 4 nitrogen and oxygen atoms in total. The lowest BCUT2D eigenvalue weighted by molar-refractivity contribution is -0.159. The molecule has 4 saturated carbocycles. The Morgan fingerprint density at radius 2 is 1.76 bits per heavy atom. The molecule has 5 rings (SSSR count). The van der Waals surface area contributed by atoms with Crippen LogP contribution in [0.1, 0.15) is 125 Å². The first-order valence-electron chi connectivity index (χ1n) is 19.3. The van der Waals surface area contributed by atoms with Gasteiger partial charge in [-0.2, -0.15) is 0 Å². The van der Waals surface area contributed by atoms with E-state index in [-0.39, 0.29) is 18.0 Å². The summed E-state index contributed by atoms with van der Waals surface area (Å²) in [6.07, 6.45) is 18.9. The van der Waals surface area contributed by atoms with Crippen molar-refractivity contribution in [1.82, 2.24) is 0 Å². The Labute approximate surface area is 278 Å². The second-order valence-electron chi connectivity index (χ2n) is 18.8. The molecular formula is C40H70O4Si. The summed E-state index contributed by atoms with van der Waals surface area (Å²) in [7, 11) is -1.06. The normalized spacial score (nSPS) is 39.8. The van der Waals surface area contributed by atoms with Crippen LogP contribution in [-0.2, 0) is 19.0 Å². The minimum Gasteiger partial charge on any atom is -0.462 e. The number of esters is 1. The minimum atomic E-state index is -1.06. The first-order valence-corrected chi connectivity index (χ1v) is 23.0. The van der Waals surface area contributed by atoms with Gasteiger partial charge in [-0.05, 0) is 135 Å². The lowest BCUT2D eigenvalue weighted by atomic mass is 9.47. The van der Waals surface area contributed by atoms with Crippen LogP contribution < -0.4 is 0 Å². The number of allylic oxidation sites excluding steroid dienone is 1. The fraction of sp³-hybridized carbons (Fsp3) is 0.925. The van der Waals surface area contributed by atoms with Crippen molar-refractivity contribution in [2.75, 3.05) is 13.4 Å². The van der Waals surface area contributed by atoms with Gasteiger partial charge in [-0.25, -0.2) is 0 Å². The van der Waals surface area contributed by atoms with Gasteiger partial charge in [0.05, 0.1) is 12.0 Å². The van der Waals surface area contributed by atoms with Crippen LogP contribution in [-0.4, -0.2) is 39.7 Å². The Kier molecular flexibility index (Phi) is 11.4. The van der Waals surface area contributed by atoms with Gasteiger partial charge in [-0.3, -0.25) is 4.79 Å². The van der Waals surface area contributed by atoms with Crippen LogP contribution in [0.25, 0.3) is 0 Å². The van der Waals surface area contributed by atoms with Gasteiger partial charge in [0.1, 0.15) is 12.9 Å². The summed E-state index contributed by atoms with van der Waals surface area (Å²) in [6, 6.07) is 1.21. The van der Waals surface area contributed by atoms with E-state index in [1.54, 1.807) is 5.57 Å². The highest BCUT2D eigenvalue weighted by Crippen LogP contribution is 2.67. The summed E-state index contributed by atoms with van der Waals surface area (Å²) in [5, 5.41) is 0. The van der Waals surface area contributed by atoms with Crippen LogP contribution >= 0.6 is 0 Å². The van der Waals surface area contributed by atoms with E-state index in [1.165, 1.54) is 63.8 Å². The van der Waals surface area contributed by atoms with Gasteiger partial charge in [-0.1, -0.05) is 79.3 Å². The zero-order valence-electron chi connectivity index (χ0n) is 30.8. The van der Waals surface area contributed by atoms with Crippen LogP contribution in [0.5, 0.6) is 0 Å². The number of hydrogen-bond donors (Lipinski definition) is 0. The quantitative estimate of drug-likeness (QED) is 0.0698. The zero-order valence-corrected chi connectivity index (χ0v) is 31.8. The van der Waals surface area contributed by atoms with E-state index in [0.717, 1.165) is 56.0 Å². The maximum atomic E-state index is 13.5. The molecular weight excluding hydrogens is 573 g/mol. The molecule has 0 spiro atoms. The molecule has 258 valence electrons. The van der Waals surface area contributed by atoms with Crippen molar-refractivity contribution in [3.8, 4) is 0 Å². The summed E-state index contributed by atoms with van der Waals surface area (Å²) < 4.78 is 18.4. The van der Waals surface area contributed by atoms with Gasteiger partial charge in [0, 0.05) is 14.7 Å². The molecule has 0 amide bonds. The monoisotopic (exact) mass is 643 g/mol. The summed E-state index contributed by atoms with van der Waals surface area (Å²) in [6.45, 7) is 23.0. The number of hydrogen-bond acceptors (Lipinski definition) is 4. The number of rotatable bonds is 12. The highest BCUT2D eigenvalue weighted by atomic mass is 28.3. The molecule has 0 bridgehead atoms. The fourth-order valence-corrected chi connectivity index (χ4v) is 12.0. The second-order valence-corrected chi connectivity index (χ2v) is 24.4. The molecule has 0 aliphatic heterocycles. The van der Waals surface area contributed by atoms with Gasteiger partial charge in [-0.15, -0.1) is 0 Å². The Bertz CT molecular complexity index is 1030. The van der Waals surface area contributed by atoms with E-state index >= 15 is 0 Å². The van der Waals surface area contributed by atoms with E-state index in [0.29, 0.717) is 41.5 Å². The first kappa shape index (κ1) is 35.6. The van der Waals surface area contributed by atoms with Crippen molar-refractivity contribution in [2.24, 2.45) is 58.2 Å². The predicted molar refractivity (Wildman–Crippen MR) is 189 cm³/mol. The van der Waals surface area contributed by atoms with E-state index in [9.17, 15) is 4.79 Å². The fourth-order valence-electron chi connectivity index (χ4n) is 11.3. The summed E-state index contributed by atoms with van der Waals surface area (Å²) >= 11 is 0. The molecule has 0 heterocycles. The standard InChI is InChI=1S/C40H70O4Si/c1-27(2)34(38(41)44-32-12-10-11-28(3)23-32)24-29(4)35-15-16-36-33-14-13-30-25-31(43-26-42-21-22-45(7,8)9)17-19-39(30,5)37(33)18-20-40(35,36)6/h13,27-29,31-37H,10-12,14-26H2,1-9H3/t28?,29?,31-,32?,33-,34-,35+,36-,37-,39-,40+/m0/s1. The van der Waals surface area contributed by atoms with Gasteiger partial charge in [0.2, 0.25) is 0 Å². The van der Waals surface area contributed by atoms with E-state index in [4.69, 9.17) is 14.2 Å². The van der Waals surface area contributed by atoms with Crippen molar-refractivity contribution in [3.63, 3.8) is 0 Å². The van der Waals surface area contributed by atoms with Crippen molar-refractivity contribution < 1.29 is 19.0 Å². The van der Waals surface area contributed by atoms with Crippen molar-refractivity contribution in [1.29, 1.82) is 0 Å². The molecule has 4 fully saturated rings. The third-order valence-electron chi connectivity index (χ3n) is 14.1. The molecule has 5 heteroatoms. The zero-order chi connectivity index (χ0) is 32.6. The smallest absolute Gasteiger partial charge is 0.309 e. The highest BCUT2D eigenvalue weighted by molar-refractivity contribution is 6.76. The maximum Gasteiger partial charge on any atom is 0.309 e. The maximum absolute atomic E-state index is 13.5. The number of carbonyl (C=O) groups is 1. The first-order chi connectivity index (χ1) is 21.2. The van der Waals surface area contributed by atoms with Crippen LogP contribution in [0.4, 0.5) is 0 Å². The average Bonchev–Trinajstić information content (AvgIpc) is 3.32. The molecule has 3 unspecified atom stereocenters. The number of ether oxygens (including phenoxy) is 3. The van der Waals surface area contributed by atoms with Crippen LogP contribution in [0.3, 0.4) is 0 Å². The van der Waals surface area contributed by atoms with Crippen molar-refractivity contribution in [3.05, 3.63) is 11.6 Å². The summed E-state index contributed by atoms with van der Waals surface area (Å²) in [4.78, 5) is 13.5. The Morgan fingerprint density at radius 3 is 2.47 bits per heavy atom. The molecule has 5 aliphatic rings. The largest absolute Gasteiger partial charge is 0.462 e. The minimum absolute atomic E-state index is 0.0263. The molecule has 0 saturated heterocycles. The van der Waals surface area contributed by atoms with Crippen LogP contribution in [0.15, 0.2) is 11.6 Å². The van der Waals surface area contributed by atoms with Gasteiger partial charge >= 0.3 is 5.97 Å². The molecule has 5 aliphatic carbocycles. The van der Waals surface area contributed by atoms with Crippen LogP contribution in [0.2, 0.25) is 25.7 Å². The average molecular weight is 643 g/mol.